The van der Waals surface area contributed by atoms with Crippen LogP contribution in [0.1, 0.15) is 5.56 Å². The molecule has 12 rings (SSSR count). The number of rotatable bonds is 7. The van der Waals surface area contributed by atoms with Crippen molar-refractivity contribution in [1.82, 2.24) is 19.1 Å². The van der Waals surface area contributed by atoms with Gasteiger partial charge in [-0.2, -0.15) is 13.2 Å². The van der Waals surface area contributed by atoms with Gasteiger partial charge in [0.05, 0.1) is 56.2 Å². The molecule has 0 radical (unpaired) electrons. The zero-order chi connectivity index (χ0) is 46.1. The Morgan fingerprint density at radius 2 is 0.691 bits per heavy atom. The molecule has 0 fully saturated rings. The van der Waals surface area contributed by atoms with E-state index in [1.165, 1.54) is 12.1 Å². The number of alkyl halides is 3. The van der Waals surface area contributed by atoms with Crippen molar-refractivity contribution in [3.8, 4) is 67.5 Å². The average molecular weight is 895 g/mol. The van der Waals surface area contributed by atoms with Crippen molar-refractivity contribution in [2.24, 2.45) is 0 Å². The molecular formula is C59H35F5N4. The normalized spacial score (nSPS) is 11.9. The van der Waals surface area contributed by atoms with Crippen LogP contribution < -0.4 is 0 Å². The quantitative estimate of drug-likeness (QED) is 0.149. The van der Waals surface area contributed by atoms with Gasteiger partial charge < -0.3 is 9.13 Å². The van der Waals surface area contributed by atoms with E-state index in [1.54, 1.807) is 33.4 Å². The Morgan fingerprint density at radius 1 is 0.309 bits per heavy atom. The highest BCUT2D eigenvalue weighted by Crippen LogP contribution is 2.47. The van der Waals surface area contributed by atoms with Crippen LogP contribution in [0.15, 0.2) is 212 Å². The minimum Gasteiger partial charge on any atom is -0.309 e. The van der Waals surface area contributed by atoms with Crippen LogP contribution in [0.3, 0.4) is 0 Å². The van der Waals surface area contributed by atoms with Gasteiger partial charge in [0.2, 0.25) is 0 Å². The molecule has 0 aliphatic rings. The molecule has 0 saturated carbocycles. The lowest BCUT2D eigenvalue weighted by Gasteiger charge is -2.23. The third-order valence-electron chi connectivity index (χ3n) is 12.6. The first-order valence-electron chi connectivity index (χ1n) is 22.0. The highest BCUT2D eigenvalue weighted by Gasteiger charge is 2.39. The van der Waals surface area contributed by atoms with Crippen molar-refractivity contribution in [3.05, 3.63) is 230 Å². The summed E-state index contributed by atoms with van der Waals surface area (Å²) in [5, 5.41) is 2.88. The maximum Gasteiger partial charge on any atom is 0.420 e. The molecule has 0 aliphatic carbocycles. The molecule has 12 aromatic rings. The van der Waals surface area contributed by atoms with Crippen molar-refractivity contribution >= 4 is 43.6 Å². The number of hydrogen-bond acceptors (Lipinski definition) is 2. The number of pyridine rings is 2. The maximum absolute atomic E-state index is 16.7. The first-order chi connectivity index (χ1) is 33.2. The molecule has 0 N–H and O–H groups in total. The predicted molar refractivity (Wildman–Crippen MR) is 263 cm³/mol. The van der Waals surface area contributed by atoms with Crippen LogP contribution in [0, 0.1) is 11.6 Å². The number of halogens is 5. The standard InChI is InChI=1S/C59H35F5N4/c60-42-29-40(30-43(61)35-42)41-33-56(67-52-23-9-7-17-44(52)46-27-25-38(31-54(46)67)50-21-11-19-48(65-50)36-13-3-1-4-14-36)58(59(62,63)64)57(34-41)68-53-24-10-8-18-45(53)47-28-26-39(32-55(47)68)51-22-12-20-49(66-51)37-15-5-2-6-16-37/h1-35H. The highest BCUT2D eigenvalue weighted by molar-refractivity contribution is 6.12. The summed E-state index contributed by atoms with van der Waals surface area (Å²) >= 11 is 0. The third-order valence-corrected chi connectivity index (χ3v) is 12.6. The average Bonchev–Trinajstić information content (AvgIpc) is 3.88. The summed E-state index contributed by atoms with van der Waals surface area (Å²) in [4.78, 5) is 9.98. The van der Waals surface area contributed by atoms with Crippen LogP contribution in [-0.2, 0) is 6.18 Å². The molecule has 0 amide bonds. The van der Waals surface area contributed by atoms with Gasteiger partial charge >= 0.3 is 6.18 Å². The van der Waals surface area contributed by atoms with E-state index in [1.807, 2.05) is 158 Å². The summed E-state index contributed by atoms with van der Waals surface area (Å²) in [6, 6.07) is 62.8. The molecule has 0 saturated heterocycles. The summed E-state index contributed by atoms with van der Waals surface area (Å²) in [7, 11) is 0. The number of hydrogen-bond donors (Lipinski definition) is 0. The Hall–Kier alpha value is -8.69. The first kappa shape index (κ1) is 40.8. The minimum absolute atomic E-state index is 0.0745. The van der Waals surface area contributed by atoms with Crippen molar-refractivity contribution in [1.29, 1.82) is 0 Å². The Labute approximate surface area is 386 Å². The Morgan fingerprint density at radius 3 is 1.13 bits per heavy atom. The second kappa shape index (κ2) is 16.0. The van der Waals surface area contributed by atoms with Crippen molar-refractivity contribution in [2.45, 2.75) is 6.18 Å². The van der Waals surface area contributed by atoms with E-state index in [2.05, 4.69) is 0 Å². The fraction of sp³-hybridized carbons (Fsp3) is 0.0169. The van der Waals surface area contributed by atoms with E-state index in [4.69, 9.17) is 9.97 Å². The summed E-state index contributed by atoms with van der Waals surface area (Å²) in [6.45, 7) is 0. The van der Waals surface area contributed by atoms with Gasteiger partial charge in [0, 0.05) is 49.9 Å². The van der Waals surface area contributed by atoms with Gasteiger partial charge in [0.15, 0.2) is 0 Å². The van der Waals surface area contributed by atoms with Crippen molar-refractivity contribution in [3.63, 3.8) is 0 Å². The van der Waals surface area contributed by atoms with Gasteiger partial charge in [-0.05, 0) is 83.9 Å². The minimum atomic E-state index is -4.96. The zero-order valence-corrected chi connectivity index (χ0v) is 35.9. The molecule has 0 aliphatic heterocycles. The lowest BCUT2D eigenvalue weighted by Crippen LogP contribution is -2.16. The van der Waals surface area contributed by atoms with Gasteiger partial charge in [-0.15, -0.1) is 0 Å². The van der Waals surface area contributed by atoms with Gasteiger partial charge in [-0.1, -0.05) is 133 Å². The molecule has 0 atom stereocenters. The number of fused-ring (bicyclic) bond motifs is 6. The molecular weight excluding hydrogens is 860 g/mol. The Kier molecular flexibility index (Phi) is 9.62. The molecule has 4 aromatic heterocycles. The summed E-state index contributed by atoms with van der Waals surface area (Å²) in [5.74, 6) is -1.72. The van der Waals surface area contributed by atoms with Gasteiger partial charge in [0.1, 0.15) is 17.2 Å². The van der Waals surface area contributed by atoms with Crippen LogP contribution in [-0.4, -0.2) is 19.1 Å². The zero-order valence-electron chi connectivity index (χ0n) is 35.9. The molecule has 4 nitrogen and oxygen atoms in total. The van der Waals surface area contributed by atoms with Gasteiger partial charge in [-0.25, -0.2) is 18.7 Å². The molecule has 4 heterocycles. The van der Waals surface area contributed by atoms with Gasteiger partial charge in [0.25, 0.3) is 0 Å². The molecule has 0 unspecified atom stereocenters. The maximum atomic E-state index is 16.7. The first-order valence-corrected chi connectivity index (χ1v) is 22.0. The number of para-hydroxylation sites is 2. The SMILES string of the molecule is Fc1cc(F)cc(-c2cc(-n3c4ccccc4c4ccc(-c5cccc(-c6ccccc6)n5)cc43)c(C(F)(F)F)c(-n3c4ccccc4c4ccc(-c5cccc(-c6ccccc6)n5)cc43)c2)c1. The predicted octanol–water partition coefficient (Wildman–Crippen LogP) is 16.3. The fourth-order valence-corrected chi connectivity index (χ4v) is 9.65. The van der Waals surface area contributed by atoms with Crippen LogP contribution in [0.4, 0.5) is 22.0 Å². The van der Waals surface area contributed by atoms with Crippen LogP contribution in [0.2, 0.25) is 0 Å². The molecule has 0 spiro atoms. The monoisotopic (exact) mass is 894 g/mol. The van der Waals surface area contributed by atoms with E-state index in [0.717, 1.165) is 51.5 Å². The van der Waals surface area contributed by atoms with Crippen molar-refractivity contribution < 1.29 is 22.0 Å². The summed E-state index contributed by atoms with van der Waals surface area (Å²) in [6.07, 6.45) is -4.96. The third kappa shape index (κ3) is 6.98. The second-order valence-corrected chi connectivity index (χ2v) is 16.8. The lowest BCUT2D eigenvalue weighted by molar-refractivity contribution is -0.137. The number of nitrogens with zero attached hydrogens (tertiary/aromatic N) is 4. The Balaban J connectivity index is 1.17. The Bertz CT molecular complexity index is 3690. The van der Waals surface area contributed by atoms with Crippen LogP contribution in [0.25, 0.3) is 111 Å². The van der Waals surface area contributed by atoms with Crippen LogP contribution in [0.5, 0.6) is 0 Å². The highest BCUT2D eigenvalue weighted by atomic mass is 19.4. The summed E-state index contributed by atoms with van der Waals surface area (Å²) < 4.78 is 83.7. The largest absolute Gasteiger partial charge is 0.420 e. The smallest absolute Gasteiger partial charge is 0.309 e. The summed E-state index contributed by atoms with van der Waals surface area (Å²) in [5.41, 5.74) is 6.87. The van der Waals surface area contributed by atoms with E-state index >= 15 is 22.0 Å². The fourth-order valence-electron chi connectivity index (χ4n) is 9.65. The second-order valence-electron chi connectivity index (χ2n) is 16.8. The van der Waals surface area contributed by atoms with Gasteiger partial charge in [-0.3, -0.25) is 0 Å². The van der Waals surface area contributed by atoms with E-state index in [-0.39, 0.29) is 22.5 Å². The molecule has 0 bridgehead atoms. The van der Waals surface area contributed by atoms with E-state index in [0.29, 0.717) is 55.4 Å². The molecule has 8 aromatic carbocycles. The topological polar surface area (TPSA) is 35.6 Å². The van der Waals surface area contributed by atoms with Crippen molar-refractivity contribution in [2.75, 3.05) is 0 Å². The molecule has 9 heteroatoms. The lowest BCUT2D eigenvalue weighted by atomic mass is 9.98. The van der Waals surface area contributed by atoms with E-state index in [9.17, 15) is 0 Å². The molecule has 68 heavy (non-hydrogen) atoms. The number of aromatic nitrogens is 4. The van der Waals surface area contributed by atoms with E-state index < -0.39 is 23.4 Å². The number of benzene rings is 8. The molecule has 326 valence electrons. The van der Waals surface area contributed by atoms with Crippen LogP contribution >= 0.6 is 0 Å².